The van der Waals surface area contributed by atoms with Crippen molar-refractivity contribution in [2.45, 2.75) is 31.8 Å². The standard InChI is InChI=1S/C10H13F2NO2/c1-2-5-8(14)10(11,12)9(15)13-6-3-4-7-13/h8,14H,3-4,6-7H2,1H3/t8-/m1/s1. The Kier molecular flexibility index (Phi) is 3.64. The van der Waals surface area contributed by atoms with E-state index in [1.165, 1.54) is 6.92 Å². The lowest BCUT2D eigenvalue weighted by atomic mass is 10.1. The van der Waals surface area contributed by atoms with Crippen LogP contribution in [0, 0.1) is 11.8 Å². The number of aliphatic hydroxyl groups is 1. The minimum Gasteiger partial charge on any atom is -0.374 e. The van der Waals surface area contributed by atoms with Gasteiger partial charge in [0.1, 0.15) is 0 Å². The molecule has 0 aromatic heterocycles. The molecule has 1 aliphatic heterocycles. The average molecular weight is 217 g/mol. The zero-order valence-corrected chi connectivity index (χ0v) is 8.46. The fourth-order valence-electron chi connectivity index (χ4n) is 1.48. The van der Waals surface area contributed by atoms with E-state index in [0.29, 0.717) is 13.1 Å². The van der Waals surface area contributed by atoms with Crippen LogP contribution in [0.4, 0.5) is 8.78 Å². The van der Waals surface area contributed by atoms with Gasteiger partial charge in [-0.05, 0) is 19.8 Å². The number of likely N-dealkylation sites (tertiary alicyclic amines) is 1. The van der Waals surface area contributed by atoms with Gasteiger partial charge in [-0.1, -0.05) is 5.92 Å². The van der Waals surface area contributed by atoms with Crippen molar-refractivity contribution < 1.29 is 18.7 Å². The minimum atomic E-state index is -3.80. The Morgan fingerprint density at radius 1 is 1.47 bits per heavy atom. The molecule has 1 saturated heterocycles. The Balaban J connectivity index is 2.73. The second kappa shape index (κ2) is 4.58. The predicted molar refractivity (Wildman–Crippen MR) is 50.2 cm³/mol. The number of rotatable bonds is 2. The normalized spacial score (nSPS) is 18.3. The van der Waals surface area contributed by atoms with Crippen molar-refractivity contribution in [1.29, 1.82) is 0 Å². The number of aliphatic hydroxyl groups excluding tert-OH is 1. The highest BCUT2D eigenvalue weighted by molar-refractivity contribution is 5.85. The Labute approximate surface area is 87.1 Å². The molecule has 0 bridgehead atoms. The van der Waals surface area contributed by atoms with Crippen LogP contribution in [-0.4, -0.2) is 41.0 Å². The van der Waals surface area contributed by atoms with Crippen molar-refractivity contribution in [3.05, 3.63) is 0 Å². The third kappa shape index (κ3) is 2.45. The molecule has 0 radical (unpaired) electrons. The predicted octanol–water partition coefficient (Wildman–Crippen LogP) is 0.628. The van der Waals surface area contributed by atoms with E-state index in [9.17, 15) is 13.6 Å². The maximum absolute atomic E-state index is 13.3. The lowest BCUT2D eigenvalue weighted by molar-refractivity contribution is -0.167. The number of amides is 1. The summed E-state index contributed by atoms with van der Waals surface area (Å²) in [6.45, 7) is 2.00. The van der Waals surface area contributed by atoms with Gasteiger partial charge >= 0.3 is 5.92 Å². The van der Waals surface area contributed by atoms with E-state index in [0.717, 1.165) is 17.7 Å². The van der Waals surface area contributed by atoms with Gasteiger partial charge in [-0.3, -0.25) is 4.79 Å². The maximum atomic E-state index is 13.3. The molecule has 1 heterocycles. The molecule has 0 aromatic carbocycles. The minimum absolute atomic E-state index is 0.334. The SMILES string of the molecule is CC#C[C@@H](O)C(F)(F)C(=O)N1CCCC1. The molecule has 84 valence electrons. The molecule has 15 heavy (non-hydrogen) atoms. The van der Waals surface area contributed by atoms with E-state index in [2.05, 4.69) is 5.92 Å². The molecule has 1 rings (SSSR count). The summed E-state index contributed by atoms with van der Waals surface area (Å²) in [5.74, 6) is -1.06. The van der Waals surface area contributed by atoms with Crippen LogP contribution in [0.1, 0.15) is 19.8 Å². The fourth-order valence-corrected chi connectivity index (χ4v) is 1.48. The van der Waals surface area contributed by atoms with Crippen LogP contribution in [0.15, 0.2) is 0 Å². The summed E-state index contributed by atoms with van der Waals surface area (Å²) in [4.78, 5) is 12.4. The lowest BCUT2D eigenvalue weighted by Crippen LogP contribution is -2.48. The van der Waals surface area contributed by atoms with Gasteiger partial charge in [-0.25, -0.2) is 0 Å². The molecule has 0 aromatic rings. The first-order valence-electron chi connectivity index (χ1n) is 4.77. The first-order chi connectivity index (χ1) is 7.00. The fraction of sp³-hybridized carbons (Fsp3) is 0.700. The van der Waals surface area contributed by atoms with Crippen molar-refractivity contribution >= 4 is 5.91 Å². The molecule has 1 amide bonds. The van der Waals surface area contributed by atoms with Crippen LogP contribution < -0.4 is 0 Å². The topological polar surface area (TPSA) is 40.5 Å². The first-order valence-corrected chi connectivity index (χ1v) is 4.77. The number of alkyl halides is 2. The Hall–Kier alpha value is -1.15. The van der Waals surface area contributed by atoms with E-state index < -0.39 is 17.9 Å². The molecule has 0 aliphatic carbocycles. The van der Waals surface area contributed by atoms with Crippen LogP contribution in [0.2, 0.25) is 0 Å². The first kappa shape index (κ1) is 11.9. The van der Waals surface area contributed by atoms with Gasteiger partial charge in [-0.15, -0.1) is 5.92 Å². The number of halogens is 2. The summed E-state index contributed by atoms with van der Waals surface area (Å²) < 4.78 is 26.6. The molecule has 5 heteroatoms. The summed E-state index contributed by atoms with van der Waals surface area (Å²) in [5.41, 5.74) is 0. The molecule has 0 saturated carbocycles. The monoisotopic (exact) mass is 217 g/mol. The van der Waals surface area contributed by atoms with Gasteiger partial charge in [0, 0.05) is 13.1 Å². The largest absolute Gasteiger partial charge is 0.374 e. The second-order valence-electron chi connectivity index (χ2n) is 3.42. The van der Waals surface area contributed by atoms with Gasteiger partial charge in [0.2, 0.25) is 0 Å². The van der Waals surface area contributed by atoms with Crippen LogP contribution in [-0.2, 0) is 4.79 Å². The van der Waals surface area contributed by atoms with Crippen molar-refractivity contribution in [3.8, 4) is 11.8 Å². The highest BCUT2D eigenvalue weighted by atomic mass is 19.3. The highest BCUT2D eigenvalue weighted by Crippen LogP contribution is 2.24. The number of hydrogen-bond acceptors (Lipinski definition) is 2. The summed E-state index contributed by atoms with van der Waals surface area (Å²) in [5, 5.41) is 9.04. The molecular weight excluding hydrogens is 204 g/mol. The summed E-state index contributed by atoms with van der Waals surface area (Å²) in [6, 6.07) is 0. The van der Waals surface area contributed by atoms with Gasteiger partial charge in [-0.2, -0.15) is 8.78 Å². The van der Waals surface area contributed by atoms with Gasteiger partial charge in [0.05, 0.1) is 0 Å². The quantitative estimate of drug-likeness (QED) is 0.689. The maximum Gasteiger partial charge on any atom is 0.360 e. The summed E-state index contributed by atoms with van der Waals surface area (Å²) in [7, 11) is 0. The van der Waals surface area contributed by atoms with E-state index >= 15 is 0 Å². The molecule has 0 unspecified atom stereocenters. The van der Waals surface area contributed by atoms with Gasteiger partial charge in [0.15, 0.2) is 6.10 Å². The molecule has 1 fully saturated rings. The van der Waals surface area contributed by atoms with Gasteiger partial charge in [0.25, 0.3) is 5.91 Å². The molecule has 1 atom stereocenters. The number of carbonyl (C=O) groups excluding carboxylic acids is 1. The second-order valence-corrected chi connectivity index (χ2v) is 3.42. The van der Waals surface area contributed by atoms with Crippen LogP contribution in [0.25, 0.3) is 0 Å². The van der Waals surface area contributed by atoms with E-state index in [4.69, 9.17) is 5.11 Å². The molecule has 1 N–H and O–H groups in total. The van der Waals surface area contributed by atoms with Crippen molar-refractivity contribution in [1.82, 2.24) is 4.90 Å². The Morgan fingerprint density at radius 2 is 2.00 bits per heavy atom. The Bertz CT molecular complexity index is 300. The van der Waals surface area contributed by atoms with Crippen LogP contribution >= 0.6 is 0 Å². The average Bonchev–Trinajstić information content (AvgIpc) is 2.69. The lowest BCUT2D eigenvalue weighted by Gasteiger charge is -2.23. The number of carbonyl (C=O) groups is 1. The molecule has 1 aliphatic rings. The highest BCUT2D eigenvalue weighted by Gasteiger charge is 2.48. The molecular formula is C10H13F2NO2. The van der Waals surface area contributed by atoms with Gasteiger partial charge < -0.3 is 10.0 Å². The third-order valence-corrected chi connectivity index (χ3v) is 2.30. The smallest absolute Gasteiger partial charge is 0.360 e. The van der Waals surface area contributed by atoms with E-state index in [-0.39, 0.29) is 0 Å². The van der Waals surface area contributed by atoms with Crippen LogP contribution in [0.5, 0.6) is 0 Å². The Morgan fingerprint density at radius 3 is 2.47 bits per heavy atom. The summed E-state index contributed by atoms with van der Waals surface area (Å²) in [6.07, 6.45) is -0.745. The molecule has 0 spiro atoms. The van der Waals surface area contributed by atoms with Crippen molar-refractivity contribution in [2.75, 3.05) is 13.1 Å². The third-order valence-electron chi connectivity index (χ3n) is 2.30. The van der Waals surface area contributed by atoms with Crippen molar-refractivity contribution in [2.24, 2.45) is 0 Å². The van der Waals surface area contributed by atoms with E-state index in [1.54, 1.807) is 0 Å². The van der Waals surface area contributed by atoms with Crippen molar-refractivity contribution in [3.63, 3.8) is 0 Å². The number of hydrogen-bond donors (Lipinski definition) is 1. The zero-order valence-electron chi connectivity index (χ0n) is 8.46. The van der Waals surface area contributed by atoms with Crippen LogP contribution in [0.3, 0.4) is 0 Å². The summed E-state index contributed by atoms with van der Waals surface area (Å²) >= 11 is 0. The molecule has 3 nitrogen and oxygen atoms in total. The zero-order chi connectivity index (χ0) is 11.5. The number of nitrogens with zero attached hydrogens (tertiary/aromatic N) is 1. The van der Waals surface area contributed by atoms with E-state index in [1.807, 2.05) is 5.92 Å².